The molecule has 0 aliphatic carbocycles. The van der Waals surface area contributed by atoms with Crippen LogP contribution in [0.1, 0.15) is 5.56 Å². The molecule has 0 atom stereocenters. The number of aryl methyl sites for hydroxylation is 1. The second-order valence-corrected chi connectivity index (χ2v) is 8.90. The normalized spacial score (nSPS) is 11.1. The van der Waals surface area contributed by atoms with E-state index in [4.69, 9.17) is 9.47 Å². The summed E-state index contributed by atoms with van der Waals surface area (Å²) in [6.45, 7) is 1.11. The number of sulfonamides is 1. The summed E-state index contributed by atoms with van der Waals surface area (Å²) in [5.41, 5.74) is 0.649. The fourth-order valence-electron chi connectivity index (χ4n) is 3.04. The number of methoxy groups -OCH3 is 2. The summed E-state index contributed by atoms with van der Waals surface area (Å²) in [7, 11) is -1.43. The van der Waals surface area contributed by atoms with Crippen molar-refractivity contribution < 1.29 is 31.5 Å². The van der Waals surface area contributed by atoms with Gasteiger partial charge in [0.25, 0.3) is 10.0 Å². The van der Waals surface area contributed by atoms with Crippen LogP contribution in [0.3, 0.4) is 0 Å². The van der Waals surface area contributed by atoms with Gasteiger partial charge in [-0.2, -0.15) is 0 Å². The number of anilines is 2. The first kappa shape index (κ1) is 24.0. The maximum absolute atomic E-state index is 14.0. The molecule has 3 aromatic carbocycles. The Kier molecular flexibility index (Phi) is 7.17. The smallest absolute Gasteiger partial charge is 0.264 e. The van der Waals surface area contributed by atoms with Gasteiger partial charge in [0.2, 0.25) is 5.91 Å². The summed E-state index contributed by atoms with van der Waals surface area (Å²) >= 11 is 0. The molecule has 0 spiro atoms. The fourth-order valence-corrected chi connectivity index (χ4v) is 4.47. The first-order chi connectivity index (χ1) is 15.6. The van der Waals surface area contributed by atoms with Crippen molar-refractivity contribution in [2.75, 3.05) is 30.4 Å². The van der Waals surface area contributed by atoms with Crippen LogP contribution >= 0.6 is 0 Å². The molecule has 0 bridgehead atoms. The van der Waals surface area contributed by atoms with Gasteiger partial charge in [0.15, 0.2) is 0 Å². The van der Waals surface area contributed by atoms with E-state index in [2.05, 4.69) is 5.32 Å². The van der Waals surface area contributed by atoms with Gasteiger partial charge in [-0.25, -0.2) is 17.2 Å². The summed E-state index contributed by atoms with van der Waals surface area (Å²) in [6, 6.07) is 13.2. The maximum Gasteiger partial charge on any atom is 0.264 e. The van der Waals surface area contributed by atoms with Crippen LogP contribution in [0, 0.1) is 18.6 Å². The van der Waals surface area contributed by atoms with Crippen LogP contribution < -0.4 is 19.1 Å². The Balaban J connectivity index is 2.03. The number of carbonyl (C=O) groups excluding carboxylic acids is 1. The summed E-state index contributed by atoms with van der Waals surface area (Å²) in [6.07, 6.45) is 0. The van der Waals surface area contributed by atoms with Crippen molar-refractivity contribution in [2.45, 2.75) is 11.8 Å². The minimum atomic E-state index is -4.23. The first-order valence-electron chi connectivity index (χ1n) is 9.72. The summed E-state index contributed by atoms with van der Waals surface area (Å²) in [4.78, 5) is 12.7. The Morgan fingerprint density at radius 3 is 2.27 bits per heavy atom. The standard InChI is InChI=1S/C23H22F2N2O5S/c1-15-4-8-18(9-5-15)33(29,30)27(21-11-7-17(31-2)13-22(21)32-3)14-23(28)26-20-10-6-16(24)12-19(20)25/h4-13H,14H2,1-3H3,(H,26,28). The lowest BCUT2D eigenvalue weighted by Crippen LogP contribution is -2.38. The SMILES string of the molecule is COc1ccc(N(CC(=O)Nc2ccc(F)cc2F)S(=O)(=O)c2ccc(C)cc2)c(OC)c1. The van der Waals surface area contributed by atoms with Crippen molar-refractivity contribution in [1.82, 2.24) is 0 Å². The van der Waals surface area contributed by atoms with E-state index in [1.54, 1.807) is 12.1 Å². The molecule has 1 N–H and O–H groups in total. The van der Waals surface area contributed by atoms with Crippen LogP contribution in [0.5, 0.6) is 11.5 Å². The number of amides is 1. The van der Waals surface area contributed by atoms with Crippen molar-refractivity contribution in [3.63, 3.8) is 0 Å². The highest BCUT2D eigenvalue weighted by atomic mass is 32.2. The molecule has 174 valence electrons. The lowest BCUT2D eigenvalue weighted by Gasteiger charge is -2.26. The second kappa shape index (κ2) is 9.86. The van der Waals surface area contributed by atoms with Crippen LogP contribution in [-0.4, -0.2) is 35.1 Å². The number of ether oxygens (including phenoxy) is 2. The zero-order valence-corrected chi connectivity index (χ0v) is 18.9. The van der Waals surface area contributed by atoms with Gasteiger partial charge >= 0.3 is 0 Å². The van der Waals surface area contributed by atoms with Crippen molar-refractivity contribution in [2.24, 2.45) is 0 Å². The molecule has 0 aliphatic heterocycles. The average molecular weight is 477 g/mol. The van der Waals surface area contributed by atoms with Crippen LogP contribution in [0.15, 0.2) is 65.6 Å². The number of carbonyl (C=O) groups is 1. The largest absolute Gasteiger partial charge is 0.497 e. The number of hydrogen-bond donors (Lipinski definition) is 1. The quantitative estimate of drug-likeness (QED) is 0.529. The molecule has 1 amide bonds. The number of benzene rings is 3. The third-order valence-corrected chi connectivity index (χ3v) is 6.53. The highest BCUT2D eigenvalue weighted by Crippen LogP contribution is 2.35. The van der Waals surface area contributed by atoms with E-state index in [-0.39, 0.29) is 22.0 Å². The summed E-state index contributed by atoms with van der Waals surface area (Å²) in [5.74, 6) is -2.07. The molecule has 0 fully saturated rings. The molecule has 0 heterocycles. The van der Waals surface area contributed by atoms with Crippen molar-refractivity contribution in [3.05, 3.63) is 77.9 Å². The maximum atomic E-state index is 14.0. The molecular weight excluding hydrogens is 454 g/mol. The van der Waals surface area contributed by atoms with E-state index in [1.165, 1.54) is 44.6 Å². The Morgan fingerprint density at radius 2 is 1.67 bits per heavy atom. The van der Waals surface area contributed by atoms with Crippen LogP contribution in [0.2, 0.25) is 0 Å². The number of nitrogens with one attached hydrogen (secondary N) is 1. The molecule has 0 aliphatic rings. The van der Waals surface area contributed by atoms with Gasteiger partial charge in [-0.1, -0.05) is 17.7 Å². The molecule has 7 nitrogen and oxygen atoms in total. The first-order valence-corrected chi connectivity index (χ1v) is 11.2. The third-order valence-electron chi connectivity index (χ3n) is 4.76. The van der Waals surface area contributed by atoms with Crippen LogP contribution in [-0.2, 0) is 14.8 Å². The van der Waals surface area contributed by atoms with Gasteiger partial charge < -0.3 is 14.8 Å². The van der Waals surface area contributed by atoms with E-state index in [9.17, 15) is 22.0 Å². The molecule has 0 saturated carbocycles. The Bertz CT molecular complexity index is 1260. The van der Waals surface area contributed by atoms with E-state index in [0.717, 1.165) is 22.0 Å². The van der Waals surface area contributed by atoms with Gasteiger partial charge in [0.1, 0.15) is 29.7 Å². The summed E-state index contributed by atoms with van der Waals surface area (Å²) < 4.78 is 65.5. The van der Waals surface area contributed by atoms with Crippen LogP contribution in [0.25, 0.3) is 0 Å². The van der Waals surface area contributed by atoms with Crippen LogP contribution in [0.4, 0.5) is 20.2 Å². The monoisotopic (exact) mass is 476 g/mol. The highest BCUT2D eigenvalue weighted by Gasteiger charge is 2.30. The molecule has 3 rings (SSSR count). The molecule has 10 heteroatoms. The predicted octanol–water partition coefficient (Wildman–Crippen LogP) is 4.12. The molecule has 0 saturated heterocycles. The lowest BCUT2D eigenvalue weighted by molar-refractivity contribution is -0.114. The van der Waals surface area contributed by atoms with Crippen molar-refractivity contribution in [1.29, 1.82) is 0 Å². The van der Waals surface area contributed by atoms with E-state index in [0.29, 0.717) is 11.8 Å². The molecule has 0 aromatic heterocycles. The topological polar surface area (TPSA) is 84.9 Å². The second-order valence-electron chi connectivity index (χ2n) is 7.03. The predicted molar refractivity (Wildman–Crippen MR) is 120 cm³/mol. The van der Waals surface area contributed by atoms with Gasteiger partial charge in [-0.15, -0.1) is 0 Å². The lowest BCUT2D eigenvalue weighted by atomic mass is 10.2. The zero-order valence-electron chi connectivity index (χ0n) is 18.1. The molecular formula is C23H22F2N2O5S. The minimum absolute atomic E-state index is 0.0493. The zero-order chi connectivity index (χ0) is 24.2. The fraction of sp³-hybridized carbons (Fsp3) is 0.174. The van der Waals surface area contributed by atoms with Gasteiger partial charge in [0, 0.05) is 12.1 Å². The Morgan fingerprint density at radius 1 is 0.970 bits per heavy atom. The number of hydrogen-bond acceptors (Lipinski definition) is 5. The van der Waals surface area contributed by atoms with Gasteiger partial charge in [0.05, 0.1) is 30.5 Å². The number of nitrogens with zero attached hydrogens (tertiary/aromatic N) is 1. The average Bonchev–Trinajstić information content (AvgIpc) is 2.79. The molecule has 3 aromatic rings. The van der Waals surface area contributed by atoms with E-state index < -0.39 is 34.1 Å². The number of halogens is 2. The molecule has 0 unspecified atom stereocenters. The highest BCUT2D eigenvalue weighted by molar-refractivity contribution is 7.92. The molecule has 0 radical (unpaired) electrons. The Hall–Kier alpha value is -3.66. The molecule has 33 heavy (non-hydrogen) atoms. The minimum Gasteiger partial charge on any atom is -0.497 e. The van der Waals surface area contributed by atoms with Crippen molar-refractivity contribution >= 4 is 27.3 Å². The van der Waals surface area contributed by atoms with Gasteiger partial charge in [-0.05, 0) is 43.3 Å². The summed E-state index contributed by atoms with van der Waals surface area (Å²) in [5, 5.41) is 2.28. The third kappa shape index (κ3) is 5.40. The Labute approximate surface area is 190 Å². The van der Waals surface area contributed by atoms with E-state index in [1.807, 2.05) is 6.92 Å². The number of rotatable bonds is 8. The van der Waals surface area contributed by atoms with Crippen molar-refractivity contribution in [3.8, 4) is 11.5 Å². The van der Waals surface area contributed by atoms with E-state index >= 15 is 0 Å². The van der Waals surface area contributed by atoms with Gasteiger partial charge in [-0.3, -0.25) is 9.10 Å².